The van der Waals surface area contributed by atoms with Crippen LogP contribution >= 0.6 is 0 Å². The fraction of sp³-hybridized carbons (Fsp3) is 0.579. The van der Waals surface area contributed by atoms with Gasteiger partial charge < -0.3 is 20.3 Å². The number of methoxy groups -OCH3 is 1. The third kappa shape index (κ3) is 7.45. The van der Waals surface area contributed by atoms with E-state index in [0.717, 1.165) is 41.2 Å². The van der Waals surface area contributed by atoms with Crippen molar-refractivity contribution in [2.24, 2.45) is 5.92 Å². The number of hydrogen-bond acceptors (Lipinski definition) is 3. The van der Waals surface area contributed by atoms with Crippen LogP contribution < -0.4 is 10.1 Å². The third-order valence-electron chi connectivity index (χ3n) is 4.51. The van der Waals surface area contributed by atoms with Crippen LogP contribution in [-0.4, -0.2) is 35.4 Å². The van der Waals surface area contributed by atoms with E-state index in [9.17, 15) is 4.79 Å². The van der Waals surface area contributed by atoms with Crippen molar-refractivity contribution in [3.05, 3.63) is 28.8 Å². The molecule has 1 saturated carbocycles. The van der Waals surface area contributed by atoms with E-state index in [0.29, 0.717) is 12.5 Å². The van der Waals surface area contributed by atoms with Crippen molar-refractivity contribution < 1.29 is 24.5 Å². The number of carbonyl (C=O) groups excluding carboxylic acids is 1. The van der Waals surface area contributed by atoms with Crippen LogP contribution in [0, 0.1) is 19.8 Å². The average molecular weight is 351 g/mol. The van der Waals surface area contributed by atoms with Crippen LogP contribution in [0.5, 0.6) is 5.75 Å². The number of hydrogen-bond donors (Lipinski definition) is 3. The van der Waals surface area contributed by atoms with Crippen LogP contribution in [0.15, 0.2) is 12.1 Å². The molecule has 3 N–H and O–H groups in total. The van der Waals surface area contributed by atoms with Gasteiger partial charge in [-0.05, 0) is 62.6 Å². The SMILES string of the molecule is COc1cc(C)cc(C)c1CC(=O)NC1CCC(C)CC1.O=C(O)O. The number of benzene rings is 1. The molecular weight excluding hydrogens is 322 g/mol. The first kappa shape index (κ1) is 20.8. The molecule has 1 aromatic carbocycles. The lowest BCUT2D eigenvalue weighted by Gasteiger charge is -2.27. The summed E-state index contributed by atoms with van der Waals surface area (Å²) in [5, 5.41) is 17.1. The van der Waals surface area contributed by atoms with Gasteiger partial charge in [-0.25, -0.2) is 4.79 Å². The lowest BCUT2D eigenvalue weighted by molar-refractivity contribution is -0.121. The molecule has 0 bridgehead atoms. The van der Waals surface area contributed by atoms with Crippen molar-refractivity contribution >= 4 is 12.1 Å². The highest BCUT2D eigenvalue weighted by molar-refractivity contribution is 5.80. The van der Waals surface area contributed by atoms with Gasteiger partial charge in [0.1, 0.15) is 5.75 Å². The van der Waals surface area contributed by atoms with Crippen LogP contribution in [0.1, 0.15) is 49.3 Å². The lowest BCUT2D eigenvalue weighted by Crippen LogP contribution is -2.38. The molecule has 0 atom stereocenters. The zero-order chi connectivity index (χ0) is 19.0. The number of nitrogens with one attached hydrogen (secondary N) is 1. The Morgan fingerprint density at radius 2 is 1.72 bits per heavy atom. The van der Waals surface area contributed by atoms with E-state index in [1.807, 2.05) is 19.9 Å². The second-order valence-corrected chi connectivity index (χ2v) is 6.75. The predicted octanol–water partition coefficient (Wildman–Crippen LogP) is 3.77. The fourth-order valence-corrected chi connectivity index (χ4v) is 3.21. The maximum Gasteiger partial charge on any atom is 0.503 e. The van der Waals surface area contributed by atoms with Gasteiger partial charge in [-0.15, -0.1) is 0 Å². The number of aryl methyl sites for hydroxylation is 2. The Kier molecular flexibility index (Phi) is 8.25. The highest BCUT2D eigenvalue weighted by atomic mass is 16.6. The van der Waals surface area contributed by atoms with Crippen molar-refractivity contribution in [1.82, 2.24) is 5.32 Å². The summed E-state index contributed by atoms with van der Waals surface area (Å²) >= 11 is 0. The molecule has 0 spiro atoms. The fourth-order valence-electron chi connectivity index (χ4n) is 3.21. The van der Waals surface area contributed by atoms with Crippen LogP contribution in [-0.2, 0) is 11.2 Å². The molecule has 0 radical (unpaired) electrons. The minimum Gasteiger partial charge on any atom is -0.496 e. The second kappa shape index (κ2) is 9.91. The molecule has 140 valence electrons. The quantitative estimate of drug-likeness (QED) is 0.767. The van der Waals surface area contributed by atoms with E-state index in [-0.39, 0.29) is 5.91 Å². The van der Waals surface area contributed by atoms with Gasteiger partial charge in [-0.1, -0.05) is 13.0 Å². The van der Waals surface area contributed by atoms with Crippen LogP contribution in [0.3, 0.4) is 0 Å². The van der Waals surface area contributed by atoms with Crippen LogP contribution in [0.2, 0.25) is 0 Å². The predicted molar refractivity (Wildman–Crippen MR) is 96.4 cm³/mol. The Hall–Kier alpha value is -2.24. The van der Waals surface area contributed by atoms with Crippen LogP contribution in [0.25, 0.3) is 0 Å². The first-order valence-electron chi connectivity index (χ1n) is 8.58. The molecule has 0 saturated heterocycles. The van der Waals surface area contributed by atoms with E-state index in [2.05, 4.69) is 18.3 Å². The van der Waals surface area contributed by atoms with Gasteiger partial charge in [-0.3, -0.25) is 4.79 Å². The molecule has 1 amide bonds. The number of carbonyl (C=O) groups is 2. The van der Waals surface area contributed by atoms with Crippen molar-refractivity contribution in [1.29, 1.82) is 0 Å². The Morgan fingerprint density at radius 1 is 1.16 bits per heavy atom. The van der Waals surface area contributed by atoms with Gasteiger partial charge in [0.25, 0.3) is 0 Å². The lowest BCUT2D eigenvalue weighted by atomic mass is 9.87. The van der Waals surface area contributed by atoms with Gasteiger partial charge in [0.2, 0.25) is 5.91 Å². The summed E-state index contributed by atoms with van der Waals surface area (Å²) < 4.78 is 5.43. The smallest absolute Gasteiger partial charge is 0.496 e. The summed E-state index contributed by atoms with van der Waals surface area (Å²) in [5.74, 6) is 1.73. The Bertz CT molecular complexity index is 588. The van der Waals surface area contributed by atoms with Gasteiger partial charge in [0.15, 0.2) is 0 Å². The summed E-state index contributed by atoms with van der Waals surface area (Å²) in [4.78, 5) is 20.9. The van der Waals surface area contributed by atoms with E-state index in [1.165, 1.54) is 12.8 Å². The van der Waals surface area contributed by atoms with E-state index >= 15 is 0 Å². The van der Waals surface area contributed by atoms with Gasteiger partial charge in [-0.2, -0.15) is 0 Å². The summed E-state index contributed by atoms with van der Waals surface area (Å²) in [6.45, 7) is 6.38. The molecule has 0 aromatic heterocycles. The highest BCUT2D eigenvalue weighted by Crippen LogP contribution is 2.26. The Balaban J connectivity index is 0.000000705. The molecule has 1 fully saturated rings. The summed E-state index contributed by atoms with van der Waals surface area (Å²) in [7, 11) is 1.66. The zero-order valence-corrected chi connectivity index (χ0v) is 15.5. The molecule has 0 unspecified atom stereocenters. The zero-order valence-electron chi connectivity index (χ0n) is 15.5. The molecule has 1 aromatic rings. The maximum atomic E-state index is 12.3. The highest BCUT2D eigenvalue weighted by Gasteiger charge is 2.20. The molecule has 0 heterocycles. The number of carboxylic acid groups (broad SMARTS) is 2. The van der Waals surface area contributed by atoms with Gasteiger partial charge in [0, 0.05) is 11.6 Å². The van der Waals surface area contributed by atoms with Crippen molar-refractivity contribution in [3.63, 3.8) is 0 Å². The third-order valence-corrected chi connectivity index (χ3v) is 4.51. The monoisotopic (exact) mass is 351 g/mol. The topological polar surface area (TPSA) is 95.9 Å². The summed E-state index contributed by atoms with van der Waals surface area (Å²) in [6, 6.07) is 4.45. The summed E-state index contributed by atoms with van der Waals surface area (Å²) in [5.41, 5.74) is 3.29. The molecule has 2 rings (SSSR count). The van der Waals surface area contributed by atoms with Gasteiger partial charge in [0.05, 0.1) is 13.5 Å². The molecule has 0 aliphatic heterocycles. The number of rotatable bonds is 4. The number of amides is 1. The maximum absolute atomic E-state index is 12.3. The largest absolute Gasteiger partial charge is 0.503 e. The first-order chi connectivity index (χ1) is 11.7. The first-order valence-corrected chi connectivity index (χ1v) is 8.58. The molecule has 1 aliphatic carbocycles. The Morgan fingerprint density at radius 3 is 2.24 bits per heavy atom. The second-order valence-electron chi connectivity index (χ2n) is 6.75. The van der Waals surface area contributed by atoms with Crippen molar-refractivity contribution in [3.8, 4) is 5.75 Å². The minimum atomic E-state index is -1.83. The molecule has 6 nitrogen and oxygen atoms in total. The standard InChI is InChI=1S/C18H27NO2.CH2O3/c1-12-5-7-15(8-6-12)19-18(20)11-16-14(3)9-13(2)10-17(16)21-4;2-1(3)4/h9-10,12,15H,5-8,11H2,1-4H3,(H,19,20);(H2,2,3,4). The minimum absolute atomic E-state index is 0.111. The van der Waals surface area contributed by atoms with E-state index in [1.54, 1.807) is 7.11 Å². The normalized spacial score (nSPS) is 19.4. The van der Waals surface area contributed by atoms with Crippen LogP contribution in [0.4, 0.5) is 4.79 Å². The van der Waals surface area contributed by atoms with Crippen molar-refractivity contribution in [2.45, 2.75) is 58.9 Å². The average Bonchev–Trinajstić information content (AvgIpc) is 2.51. The van der Waals surface area contributed by atoms with Gasteiger partial charge >= 0.3 is 6.16 Å². The molecule has 6 heteroatoms. The number of ether oxygens (including phenoxy) is 1. The van der Waals surface area contributed by atoms with E-state index < -0.39 is 6.16 Å². The van der Waals surface area contributed by atoms with Crippen molar-refractivity contribution in [2.75, 3.05) is 7.11 Å². The summed E-state index contributed by atoms with van der Waals surface area (Å²) in [6.07, 6.45) is 3.23. The molecule has 1 aliphatic rings. The molecular formula is C19H29NO5. The van der Waals surface area contributed by atoms with E-state index in [4.69, 9.17) is 19.7 Å². The molecule has 25 heavy (non-hydrogen) atoms. The Labute approximate surface area is 149 Å².